The Morgan fingerprint density at radius 3 is 2.50 bits per heavy atom. The van der Waals surface area contributed by atoms with E-state index in [-0.39, 0.29) is 17.6 Å². The molecule has 36 heavy (non-hydrogen) atoms. The molecule has 2 amide bonds. The highest BCUT2D eigenvalue weighted by molar-refractivity contribution is 6.34. The summed E-state index contributed by atoms with van der Waals surface area (Å²) in [5.74, 6) is -0.674. The minimum absolute atomic E-state index is 0.0612. The summed E-state index contributed by atoms with van der Waals surface area (Å²) in [6.07, 6.45) is 5.92. The Labute approximate surface area is 215 Å². The average molecular weight is 506 g/mol. The average Bonchev–Trinajstić information content (AvgIpc) is 3.02. The Kier molecular flexibility index (Phi) is 7.18. The van der Waals surface area contributed by atoms with Gasteiger partial charge < -0.3 is 15.2 Å². The molecule has 1 aromatic heterocycles. The predicted molar refractivity (Wildman–Crippen MR) is 144 cm³/mol. The van der Waals surface area contributed by atoms with E-state index in [2.05, 4.69) is 10.6 Å². The van der Waals surface area contributed by atoms with E-state index in [4.69, 9.17) is 11.6 Å². The van der Waals surface area contributed by atoms with Crippen molar-refractivity contribution < 1.29 is 14.0 Å². The second-order valence-corrected chi connectivity index (χ2v) is 10.3. The van der Waals surface area contributed by atoms with E-state index < -0.39 is 5.41 Å². The van der Waals surface area contributed by atoms with Gasteiger partial charge in [-0.25, -0.2) is 4.39 Å². The minimum Gasteiger partial charge on any atom is -0.352 e. The Hall–Kier alpha value is -3.64. The lowest BCUT2D eigenvalue weighted by Crippen LogP contribution is -2.35. The second kappa shape index (κ2) is 10.2. The van der Waals surface area contributed by atoms with Crippen LogP contribution >= 0.6 is 11.6 Å². The molecule has 7 heteroatoms. The van der Waals surface area contributed by atoms with Crippen molar-refractivity contribution in [2.24, 2.45) is 12.5 Å². The van der Waals surface area contributed by atoms with Gasteiger partial charge in [0.1, 0.15) is 5.82 Å². The molecule has 0 saturated carbocycles. The zero-order chi connectivity index (χ0) is 26.0. The molecule has 1 heterocycles. The zero-order valence-corrected chi connectivity index (χ0v) is 21.5. The molecular weight excluding hydrogens is 477 g/mol. The Morgan fingerprint density at radius 2 is 1.81 bits per heavy atom. The van der Waals surface area contributed by atoms with Gasteiger partial charge in [0.05, 0.1) is 10.6 Å². The molecule has 4 rings (SSSR count). The van der Waals surface area contributed by atoms with E-state index in [1.165, 1.54) is 12.1 Å². The number of hydrogen-bond acceptors (Lipinski definition) is 2. The van der Waals surface area contributed by atoms with Crippen LogP contribution in [0.25, 0.3) is 22.2 Å². The van der Waals surface area contributed by atoms with Crippen LogP contribution in [0.5, 0.6) is 0 Å². The number of anilines is 1. The van der Waals surface area contributed by atoms with Gasteiger partial charge in [0, 0.05) is 41.3 Å². The third-order valence-corrected chi connectivity index (χ3v) is 6.42. The van der Waals surface area contributed by atoms with Gasteiger partial charge in [-0.15, -0.1) is 0 Å². The molecule has 5 nitrogen and oxygen atoms in total. The molecule has 0 fully saturated rings. The first-order chi connectivity index (χ1) is 17.0. The van der Waals surface area contributed by atoms with Gasteiger partial charge in [0.15, 0.2) is 0 Å². The topological polar surface area (TPSA) is 63.1 Å². The van der Waals surface area contributed by atoms with Gasteiger partial charge in [0.2, 0.25) is 5.91 Å². The number of halogens is 2. The van der Waals surface area contributed by atoms with Crippen molar-refractivity contribution in [2.45, 2.75) is 27.2 Å². The third-order valence-electron chi connectivity index (χ3n) is 6.09. The number of aryl methyl sites for hydroxylation is 1. The number of allylic oxidation sites excluding steroid dienone is 3. The minimum atomic E-state index is -0.499. The summed E-state index contributed by atoms with van der Waals surface area (Å²) in [5, 5.41) is 7.15. The van der Waals surface area contributed by atoms with Crippen LogP contribution < -0.4 is 10.6 Å². The molecule has 0 saturated heterocycles. The number of amides is 2. The fourth-order valence-electron chi connectivity index (χ4n) is 4.02. The normalized spacial score (nSPS) is 14.0. The van der Waals surface area contributed by atoms with E-state index in [0.29, 0.717) is 29.3 Å². The van der Waals surface area contributed by atoms with E-state index in [1.54, 1.807) is 24.3 Å². The fraction of sp³-hybridized carbons (Fsp3) is 0.241. The van der Waals surface area contributed by atoms with Gasteiger partial charge in [-0.3, -0.25) is 9.59 Å². The quantitative estimate of drug-likeness (QED) is 0.417. The molecule has 0 unspecified atom stereocenters. The van der Waals surface area contributed by atoms with Crippen LogP contribution in [-0.2, 0) is 16.6 Å². The number of nitrogens with zero attached hydrogens (tertiary/aromatic N) is 1. The summed E-state index contributed by atoms with van der Waals surface area (Å²) in [5.41, 5.74) is 4.18. The predicted octanol–water partition coefficient (Wildman–Crippen LogP) is 6.46. The van der Waals surface area contributed by atoms with Crippen molar-refractivity contribution in [3.05, 3.63) is 88.8 Å². The summed E-state index contributed by atoms with van der Waals surface area (Å²) in [6, 6.07) is 14.0. The van der Waals surface area contributed by atoms with Crippen LogP contribution in [0.2, 0.25) is 0 Å². The number of nitrogens with one attached hydrogen (secondary N) is 2. The number of rotatable bonds is 5. The van der Waals surface area contributed by atoms with E-state index in [9.17, 15) is 14.0 Å². The first kappa shape index (κ1) is 25.5. The van der Waals surface area contributed by atoms with Crippen LogP contribution in [-0.4, -0.2) is 22.9 Å². The van der Waals surface area contributed by atoms with Crippen molar-refractivity contribution in [2.75, 3.05) is 11.9 Å². The summed E-state index contributed by atoms with van der Waals surface area (Å²) >= 11 is 6.42. The zero-order valence-electron chi connectivity index (χ0n) is 20.8. The molecule has 186 valence electrons. The maximum Gasteiger partial charge on any atom is 0.257 e. The van der Waals surface area contributed by atoms with Gasteiger partial charge in [-0.05, 0) is 78.2 Å². The maximum absolute atomic E-state index is 13.4. The first-order valence-corrected chi connectivity index (χ1v) is 12.1. The fourth-order valence-corrected chi connectivity index (χ4v) is 4.24. The first-order valence-electron chi connectivity index (χ1n) is 11.7. The molecule has 0 radical (unpaired) electrons. The summed E-state index contributed by atoms with van der Waals surface area (Å²) in [6.45, 7) is 5.89. The monoisotopic (exact) mass is 505 g/mol. The van der Waals surface area contributed by atoms with Crippen LogP contribution in [0, 0.1) is 11.2 Å². The Balaban J connectivity index is 1.55. The Bertz CT molecular complexity index is 1420. The maximum atomic E-state index is 13.4. The smallest absolute Gasteiger partial charge is 0.257 e. The molecule has 2 aromatic carbocycles. The van der Waals surface area contributed by atoms with E-state index in [1.807, 2.05) is 62.7 Å². The van der Waals surface area contributed by atoms with Gasteiger partial charge in [-0.2, -0.15) is 0 Å². The largest absolute Gasteiger partial charge is 0.352 e. The van der Waals surface area contributed by atoms with E-state index >= 15 is 0 Å². The third kappa shape index (κ3) is 5.60. The van der Waals surface area contributed by atoms with Gasteiger partial charge >= 0.3 is 0 Å². The number of carbonyl (C=O) groups excluding carboxylic acids is 2. The number of fused-ring (bicyclic) bond motifs is 1. The van der Waals surface area contributed by atoms with Gasteiger partial charge in [-0.1, -0.05) is 38.4 Å². The SMILES string of the molecule is Cn1c(-c2ccc(F)cc2)cc2cc(NC(=O)C3=C(Cl)C=CCC(CNC(=O)C(C)(C)C)=C3)ccc21. The highest BCUT2D eigenvalue weighted by Crippen LogP contribution is 2.30. The standard InChI is InChI=1S/C29H29ClFN3O2/c1-29(2,3)28(36)32-17-18-6-5-7-24(30)23(14-18)27(35)33-22-12-13-25-20(15-22)16-26(34(25)4)19-8-10-21(31)11-9-19/h5,7-16H,6,17H2,1-4H3,(H,32,36)(H,33,35). The summed E-state index contributed by atoms with van der Waals surface area (Å²) < 4.78 is 15.4. The lowest BCUT2D eigenvalue weighted by atomic mass is 9.95. The van der Waals surface area contributed by atoms with Crippen LogP contribution in [0.1, 0.15) is 27.2 Å². The molecule has 1 aliphatic carbocycles. The molecule has 0 spiro atoms. The molecule has 0 bridgehead atoms. The number of aromatic nitrogens is 1. The lowest BCUT2D eigenvalue weighted by molar-refractivity contribution is -0.128. The Morgan fingerprint density at radius 1 is 1.08 bits per heavy atom. The van der Waals surface area contributed by atoms with Crippen LogP contribution in [0.4, 0.5) is 10.1 Å². The van der Waals surface area contributed by atoms with Crippen molar-refractivity contribution in [1.82, 2.24) is 9.88 Å². The highest BCUT2D eigenvalue weighted by Gasteiger charge is 2.21. The number of benzene rings is 2. The lowest BCUT2D eigenvalue weighted by Gasteiger charge is -2.18. The van der Waals surface area contributed by atoms with E-state index in [0.717, 1.165) is 27.7 Å². The molecule has 0 aliphatic heterocycles. The molecular formula is C29H29ClFN3O2. The van der Waals surface area contributed by atoms with Crippen LogP contribution in [0.3, 0.4) is 0 Å². The molecule has 0 atom stereocenters. The van der Waals surface area contributed by atoms with Crippen molar-refractivity contribution in [3.8, 4) is 11.3 Å². The second-order valence-electron chi connectivity index (χ2n) is 9.93. The van der Waals surface area contributed by atoms with Crippen molar-refractivity contribution >= 4 is 40.0 Å². The molecule has 2 N–H and O–H groups in total. The summed E-state index contributed by atoms with van der Waals surface area (Å²) in [4.78, 5) is 25.4. The highest BCUT2D eigenvalue weighted by atomic mass is 35.5. The van der Waals surface area contributed by atoms with Crippen LogP contribution in [0.15, 0.2) is 82.9 Å². The number of hydrogen-bond donors (Lipinski definition) is 2. The molecule has 3 aromatic rings. The van der Waals surface area contributed by atoms with Gasteiger partial charge in [0.25, 0.3) is 5.91 Å². The molecule has 1 aliphatic rings. The summed E-state index contributed by atoms with van der Waals surface area (Å²) in [7, 11) is 1.95. The number of carbonyl (C=O) groups is 2. The van der Waals surface area contributed by atoms with Crippen molar-refractivity contribution in [3.63, 3.8) is 0 Å². The van der Waals surface area contributed by atoms with Crippen molar-refractivity contribution in [1.29, 1.82) is 0 Å².